The van der Waals surface area contributed by atoms with Gasteiger partial charge in [0, 0.05) is 24.2 Å². The third-order valence-electron chi connectivity index (χ3n) is 5.22. The van der Waals surface area contributed by atoms with Crippen LogP contribution in [0.1, 0.15) is 25.0 Å². The van der Waals surface area contributed by atoms with E-state index >= 15 is 0 Å². The Morgan fingerprint density at radius 3 is 2.68 bits per heavy atom. The minimum atomic E-state index is -0.138. The number of nitrogen functional groups attached to an aromatic ring is 1. The van der Waals surface area contributed by atoms with Gasteiger partial charge in [0.2, 0.25) is 0 Å². The first-order chi connectivity index (χ1) is 12.0. The van der Waals surface area contributed by atoms with Gasteiger partial charge in [-0.2, -0.15) is 0 Å². The van der Waals surface area contributed by atoms with Gasteiger partial charge in [-0.1, -0.05) is 13.8 Å². The fraction of sp³-hybridized carbons (Fsp3) is 0.474. The number of morpholine rings is 1. The van der Waals surface area contributed by atoms with Crippen LogP contribution in [0.2, 0.25) is 0 Å². The highest BCUT2D eigenvalue weighted by Crippen LogP contribution is 2.49. The van der Waals surface area contributed by atoms with E-state index < -0.39 is 0 Å². The third-order valence-corrected chi connectivity index (χ3v) is 5.22. The van der Waals surface area contributed by atoms with Crippen LogP contribution in [0, 0.1) is 0 Å². The molecule has 0 amide bonds. The molecule has 2 aliphatic rings. The number of fused-ring (bicyclic) bond motifs is 3. The summed E-state index contributed by atoms with van der Waals surface area (Å²) in [7, 11) is 1.73. The number of benzene rings is 1. The molecular formula is C19H24N4O2. The second kappa shape index (κ2) is 5.88. The van der Waals surface area contributed by atoms with E-state index in [0.29, 0.717) is 5.82 Å². The number of aromatic nitrogens is 2. The molecule has 1 aliphatic carbocycles. The standard InChI is InChI=1S/C19H24N4O2/c1-19(2)10-13-12(16-15(19)18(20)22-11-21-16)4-5-14(24-3)17(13)23-6-8-25-9-7-23/h4-5,11H,6-10H2,1-3H3,(H2,20,21,22). The topological polar surface area (TPSA) is 73.5 Å². The van der Waals surface area contributed by atoms with E-state index in [1.54, 1.807) is 13.4 Å². The molecule has 1 aromatic heterocycles. The lowest BCUT2D eigenvalue weighted by Gasteiger charge is -2.38. The number of nitrogens with two attached hydrogens (primary N) is 1. The summed E-state index contributed by atoms with van der Waals surface area (Å²) in [5, 5.41) is 0. The average molecular weight is 340 g/mol. The van der Waals surface area contributed by atoms with E-state index in [-0.39, 0.29) is 5.41 Å². The second-order valence-corrected chi connectivity index (χ2v) is 7.29. The Morgan fingerprint density at radius 1 is 1.20 bits per heavy atom. The molecule has 1 fully saturated rings. The quantitative estimate of drug-likeness (QED) is 0.905. The summed E-state index contributed by atoms with van der Waals surface area (Å²) in [5.41, 5.74) is 11.6. The van der Waals surface area contributed by atoms with Crippen LogP contribution in [-0.2, 0) is 16.6 Å². The van der Waals surface area contributed by atoms with Gasteiger partial charge in [0.25, 0.3) is 0 Å². The Morgan fingerprint density at radius 2 is 1.96 bits per heavy atom. The maximum absolute atomic E-state index is 6.21. The van der Waals surface area contributed by atoms with E-state index in [9.17, 15) is 0 Å². The van der Waals surface area contributed by atoms with Gasteiger partial charge in [-0.15, -0.1) is 0 Å². The highest BCUT2D eigenvalue weighted by atomic mass is 16.5. The van der Waals surface area contributed by atoms with E-state index in [0.717, 1.165) is 55.3 Å². The first kappa shape index (κ1) is 16.1. The zero-order chi connectivity index (χ0) is 17.6. The smallest absolute Gasteiger partial charge is 0.142 e. The Balaban J connectivity index is 1.96. The van der Waals surface area contributed by atoms with Crippen LogP contribution in [0.5, 0.6) is 5.75 Å². The molecule has 6 nitrogen and oxygen atoms in total. The molecule has 2 heterocycles. The average Bonchev–Trinajstić information content (AvgIpc) is 2.61. The van der Waals surface area contributed by atoms with Crippen molar-refractivity contribution in [1.82, 2.24) is 9.97 Å². The molecule has 0 unspecified atom stereocenters. The van der Waals surface area contributed by atoms with Crippen molar-refractivity contribution in [2.75, 3.05) is 44.0 Å². The van der Waals surface area contributed by atoms with Crippen LogP contribution >= 0.6 is 0 Å². The molecule has 0 radical (unpaired) electrons. The normalized spacial score (nSPS) is 18.4. The number of rotatable bonds is 2. The van der Waals surface area contributed by atoms with Crippen LogP contribution in [0.4, 0.5) is 11.5 Å². The third kappa shape index (κ3) is 2.52. The molecule has 132 valence electrons. The molecule has 25 heavy (non-hydrogen) atoms. The van der Waals surface area contributed by atoms with Crippen molar-refractivity contribution in [2.45, 2.75) is 25.7 Å². The fourth-order valence-electron chi connectivity index (χ4n) is 4.11. The Bertz CT molecular complexity index is 813. The van der Waals surface area contributed by atoms with Crippen molar-refractivity contribution < 1.29 is 9.47 Å². The van der Waals surface area contributed by atoms with Crippen LogP contribution in [0.25, 0.3) is 11.3 Å². The Labute approximate surface area is 148 Å². The molecule has 0 atom stereocenters. The zero-order valence-electron chi connectivity index (χ0n) is 15.0. The monoisotopic (exact) mass is 340 g/mol. The van der Waals surface area contributed by atoms with Crippen LogP contribution in [0.15, 0.2) is 18.5 Å². The molecular weight excluding hydrogens is 316 g/mol. The van der Waals surface area contributed by atoms with Crippen LogP contribution < -0.4 is 15.4 Å². The molecule has 1 saturated heterocycles. The number of ether oxygens (including phenoxy) is 2. The van der Waals surface area contributed by atoms with Gasteiger partial charge in [0.1, 0.15) is 17.9 Å². The van der Waals surface area contributed by atoms with Gasteiger partial charge in [-0.05, 0) is 29.5 Å². The van der Waals surface area contributed by atoms with Crippen molar-refractivity contribution in [2.24, 2.45) is 0 Å². The number of hydrogen-bond donors (Lipinski definition) is 1. The van der Waals surface area contributed by atoms with Gasteiger partial charge in [-0.25, -0.2) is 9.97 Å². The zero-order valence-corrected chi connectivity index (χ0v) is 15.0. The summed E-state index contributed by atoms with van der Waals surface area (Å²) in [5.74, 6) is 1.48. The lowest BCUT2D eigenvalue weighted by atomic mass is 9.71. The van der Waals surface area contributed by atoms with Crippen molar-refractivity contribution in [3.8, 4) is 17.0 Å². The summed E-state index contributed by atoms with van der Waals surface area (Å²) >= 11 is 0. The SMILES string of the molecule is COc1ccc2c(c1N1CCOCC1)CC(C)(C)c1c(N)ncnc1-2. The van der Waals surface area contributed by atoms with Crippen LogP contribution in [-0.4, -0.2) is 43.4 Å². The van der Waals surface area contributed by atoms with E-state index in [4.69, 9.17) is 15.2 Å². The summed E-state index contributed by atoms with van der Waals surface area (Å²) in [6.45, 7) is 7.62. The first-order valence-electron chi connectivity index (χ1n) is 8.67. The van der Waals surface area contributed by atoms with E-state index in [1.807, 2.05) is 6.07 Å². The van der Waals surface area contributed by atoms with E-state index in [1.165, 1.54) is 11.3 Å². The molecule has 1 aliphatic heterocycles. The number of anilines is 2. The molecule has 6 heteroatoms. The Hall–Kier alpha value is -2.34. The lowest BCUT2D eigenvalue weighted by molar-refractivity contribution is 0.122. The predicted octanol–water partition coefficient (Wildman–Crippen LogP) is 2.40. The minimum Gasteiger partial charge on any atom is -0.495 e. The maximum atomic E-state index is 6.21. The number of hydrogen-bond acceptors (Lipinski definition) is 6. The predicted molar refractivity (Wildman–Crippen MR) is 98.2 cm³/mol. The van der Waals surface area contributed by atoms with E-state index in [2.05, 4.69) is 34.8 Å². The summed E-state index contributed by atoms with van der Waals surface area (Å²) in [6, 6.07) is 4.13. The fourth-order valence-corrected chi connectivity index (χ4v) is 4.11. The van der Waals surface area contributed by atoms with Crippen molar-refractivity contribution in [3.63, 3.8) is 0 Å². The lowest BCUT2D eigenvalue weighted by Crippen LogP contribution is -2.38. The van der Waals surface area contributed by atoms with Gasteiger partial charge in [-0.3, -0.25) is 0 Å². The van der Waals surface area contributed by atoms with Gasteiger partial charge < -0.3 is 20.1 Å². The first-order valence-corrected chi connectivity index (χ1v) is 8.67. The molecule has 0 spiro atoms. The maximum Gasteiger partial charge on any atom is 0.142 e. The summed E-state index contributed by atoms with van der Waals surface area (Å²) in [4.78, 5) is 11.2. The minimum absolute atomic E-state index is 0.138. The highest BCUT2D eigenvalue weighted by molar-refractivity contribution is 5.83. The van der Waals surface area contributed by atoms with Crippen molar-refractivity contribution >= 4 is 11.5 Å². The summed E-state index contributed by atoms with van der Waals surface area (Å²) in [6.07, 6.45) is 2.43. The summed E-state index contributed by atoms with van der Waals surface area (Å²) < 4.78 is 11.2. The molecule has 1 aromatic carbocycles. The Kier molecular flexibility index (Phi) is 3.80. The highest BCUT2D eigenvalue weighted by Gasteiger charge is 2.37. The largest absolute Gasteiger partial charge is 0.495 e. The van der Waals surface area contributed by atoms with Gasteiger partial charge in [0.15, 0.2) is 0 Å². The second-order valence-electron chi connectivity index (χ2n) is 7.29. The van der Waals surface area contributed by atoms with Gasteiger partial charge >= 0.3 is 0 Å². The molecule has 2 N–H and O–H groups in total. The van der Waals surface area contributed by atoms with Gasteiger partial charge in [0.05, 0.1) is 31.7 Å². The molecule has 2 aromatic rings. The van der Waals surface area contributed by atoms with Crippen molar-refractivity contribution in [1.29, 1.82) is 0 Å². The number of nitrogens with zero attached hydrogens (tertiary/aromatic N) is 3. The molecule has 0 bridgehead atoms. The molecule has 4 rings (SSSR count). The molecule has 0 saturated carbocycles. The van der Waals surface area contributed by atoms with Crippen molar-refractivity contribution in [3.05, 3.63) is 29.6 Å². The van der Waals surface area contributed by atoms with Crippen LogP contribution in [0.3, 0.4) is 0 Å². The number of methoxy groups -OCH3 is 1.